The van der Waals surface area contributed by atoms with E-state index in [0.29, 0.717) is 10.2 Å². The molecule has 0 spiro atoms. The van der Waals surface area contributed by atoms with E-state index in [0.717, 1.165) is 17.5 Å². The van der Waals surface area contributed by atoms with E-state index >= 15 is 0 Å². The molecule has 0 bridgehead atoms. The molecular formula is C19H16BrClF3N5O. The quantitative estimate of drug-likeness (QED) is 0.487. The molecule has 2 aromatic heterocycles. The smallest absolute Gasteiger partial charge is 0.280 e. The number of hydrogen-bond acceptors (Lipinski definition) is 3. The minimum absolute atomic E-state index is 0.0550. The molecule has 1 saturated carbocycles. The standard InChI is InChI=1S/C19H16BrClF3N5O/c20-12-8-28(7-11-13(21)2-1-3-14(11)22)27-19(12)25-17(30)9-29-16(18(23)24)6-15(26-29)10-4-5-10/h1-3,6,8,10,18H,4-5,7,9H2,(H,25,27,30). The maximum absolute atomic E-state index is 14.0. The molecule has 3 aromatic rings. The van der Waals surface area contributed by atoms with Gasteiger partial charge >= 0.3 is 0 Å². The van der Waals surface area contributed by atoms with E-state index < -0.39 is 18.1 Å². The van der Waals surface area contributed by atoms with Crippen molar-refractivity contribution in [3.63, 3.8) is 0 Å². The fourth-order valence-corrected chi connectivity index (χ4v) is 3.69. The first kappa shape index (κ1) is 20.9. The van der Waals surface area contributed by atoms with Crippen LogP contribution in [0, 0.1) is 5.82 Å². The second kappa shape index (κ2) is 8.43. The molecule has 0 saturated heterocycles. The Bertz CT molecular complexity index is 1080. The maximum atomic E-state index is 14.0. The molecule has 30 heavy (non-hydrogen) atoms. The summed E-state index contributed by atoms with van der Waals surface area (Å²) >= 11 is 9.32. The summed E-state index contributed by atoms with van der Waals surface area (Å²) in [6, 6.07) is 5.73. The first-order chi connectivity index (χ1) is 14.3. The van der Waals surface area contributed by atoms with E-state index in [1.807, 2.05) is 0 Å². The second-order valence-electron chi connectivity index (χ2n) is 7.00. The van der Waals surface area contributed by atoms with Gasteiger partial charge in [0.15, 0.2) is 5.82 Å². The summed E-state index contributed by atoms with van der Waals surface area (Å²) in [5.41, 5.74) is 0.564. The van der Waals surface area contributed by atoms with Gasteiger partial charge in [-0.25, -0.2) is 13.2 Å². The summed E-state index contributed by atoms with van der Waals surface area (Å²) in [7, 11) is 0. The lowest BCUT2D eigenvalue weighted by Gasteiger charge is -2.07. The maximum Gasteiger partial charge on any atom is 0.280 e. The number of nitrogens with zero attached hydrogens (tertiary/aromatic N) is 4. The van der Waals surface area contributed by atoms with Gasteiger partial charge in [0, 0.05) is 22.7 Å². The van der Waals surface area contributed by atoms with Crippen LogP contribution in [0.4, 0.5) is 19.0 Å². The Kier molecular flexibility index (Phi) is 5.88. The van der Waals surface area contributed by atoms with Crippen LogP contribution in [0.2, 0.25) is 5.02 Å². The van der Waals surface area contributed by atoms with E-state index in [2.05, 4.69) is 31.4 Å². The highest BCUT2D eigenvalue weighted by Crippen LogP contribution is 2.40. The van der Waals surface area contributed by atoms with Crippen LogP contribution >= 0.6 is 27.5 Å². The van der Waals surface area contributed by atoms with Crippen molar-refractivity contribution in [2.75, 3.05) is 5.32 Å². The van der Waals surface area contributed by atoms with E-state index in [1.54, 1.807) is 12.3 Å². The van der Waals surface area contributed by atoms with Crippen molar-refractivity contribution < 1.29 is 18.0 Å². The van der Waals surface area contributed by atoms with E-state index in [4.69, 9.17) is 11.6 Å². The number of rotatable bonds is 7. The summed E-state index contributed by atoms with van der Waals surface area (Å²) in [4.78, 5) is 12.4. The first-order valence-electron chi connectivity index (χ1n) is 9.13. The molecule has 0 radical (unpaired) electrons. The second-order valence-corrected chi connectivity index (χ2v) is 8.26. The molecule has 11 heteroatoms. The molecule has 0 unspecified atom stereocenters. The molecule has 1 aliphatic rings. The molecule has 4 rings (SSSR count). The zero-order valence-electron chi connectivity index (χ0n) is 15.5. The fraction of sp³-hybridized carbons (Fsp3) is 0.316. The lowest BCUT2D eigenvalue weighted by atomic mass is 10.2. The molecule has 2 heterocycles. The van der Waals surface area contributed by atoms with E-state index in [1.165, 1.54) is 22.9 Å². The van der Waals surface area contributed by atoms with Crippen LogP contribution in [-0.2, 0) is 17.9 Å². The minimum atomic E-state index is -2.73. The van der Waals surface area contributed by atoms with Crippen LogP contribution in [-0.4, -0.2) is 25.5 Å². The van der Waals surface area contributed by atoms with Crippen LogP contribution in [0.1, 0.15) is 42.1 Å². The Hall–Kier alpha value is -2.33. The highest BCUT2D eigenvalue weighted by atomic mass is 79.9. The van der Waals surface area contributed by atoms with E-state index in [-0.39, 0.29) is 41.1 Å². The molecule has 1 aromatic carbocycles. The lowest BCUT2D eigenvalue weighted by Crippen LogP contribution is -2.21. The molecule has 1 fully saturated rings. The predicted octanol–water partition coefficient (Wildman–Crippen LogP) is 5.14. The molecule has 1 amide bonds. The Morgan fingerprint density at radius 2 is 2.10 bits per heavy atom. The Balaban J connectivity index is 1.47. The number of benzene rings is 1. The monoisotopic (exact) mass is 501 g/mol. The third kappa shape index (κ3) is 4.54. The number of carbonyl (C=O) groups excluding carboxylic acids is 1. The van der Waals surface area contributed by atoms with Crippen molar-refractivity contribution in [1.29, 1.82) is 0 Å². The lowest BCUT2D eigenvalue weighted by molar-refractivity contribution is -0.117. The number of nitrogens with one attached hydrogen (secondary N) is 1. The van der Waals surface area contributed by atoms with Crippen LogP contribution in [0.3, 0.4) is 0 Å². The van der Waals surface area contributed by atoms with Gasteiger partial charge in [0.1, 0.15) is 18.1 Å². The first-order valence-corrected chi connectivity index (χ1v) is 10.3. The van der Waals surface area contributed by atoms with Crippen LogP contribution in [0.25, 0.3) is 0 Å². The topological polar surface area (TPSA) is 64.7 Å². The van der Waals surface area contributed by atoms with Crippen molar-refractivity contribution in [2.24, 2.45) is 0 Å². The van der Waals surface area contributed by atoms with Crippen LogP contribution in [0.5, 0.6) is 0 Å². The average Bonchev–Trinajstić information content (AvgIpc) is 3.35. The summed E-state index contributed by atoms with van der Waals surface area (Å²) in [5, 5.41) is 11.2. The van der Waals surface area contributed by atoms with Gasteiger partial charge in [-0.2, -0.15) is 10.2 Å². The summed E-state index contributed by atoms with van der Waals surface area (Å²) in [6.07, 6.45) is 0.668. The van der Waals surface area contributed by atoms with Gasteiger partial charge in [0.05, 0.1) is 16.7 Å². The zero-order valence-corrected chi connectivity index (χ0v) is 17.8. The largest absolute Gasteiger partial charge is 0.307 e. The van der Waals surface area contributed by atoms with Gasteiger partial charge in [-0.15, -0.1) is 0 Å². The fourth-order valence-electron chi connectivity index (χ4n) is 3.05. The van der Waals surface area contributed by atoms with Gasteiger partial charge in [-0.05, 0) is 47.0 Å². The SMILES string of the molecule is O=C(Cn1nc(C2CC2)cc1C(F)F)Nc1nn(Cc2c(F)cccc2Cl)cc1Br. The number of aromatic nitrogens is 4. The van der Waals surface area contributed by atoms with Gasteiger partial charge in [0.2, 0.25) is 5.91 Å². The van der Waals surface area contributed by atoms with E-state index in [9.17, 15) is 18.0 Å². The highest BCUT2D eigenvalue weighted by Gasteiger charge is 2.29. The number of anilines is 1. The highest BCUT2D eigenvalue weighted by molar-refractivity contribution is 9.10. The zero-order chi connectivity index (χ0) is 21.4. The van der Waals surface area contributed by atoms with Gasteiger partial charge in [-0.3, -0.25) is 14.2 Å². The third-order valence-corrected chi connectivity index (χ3v) is 5.63. The van der Waals surface area contributed by atoms with Gasteiger partial charge in [0.25, 0.3) is 6.43 Å². The van der Waals surface area contributed by atoms with Crippen LogP contribution in [0.15, 0.2) is 34.9 Å². The Morgan fingerprint density at radius 1 is 1.33 bits per heavy atom. The average molecular weight is 503 g/mol. The normalized spacial score (nSPS) is 13.8. The van der Waals surface area contributed by atoms with Crippen molar-refractivity contribution in [2.45, 2.75) is 38.3 Å². The molecule has 6 nitrogen and oxygen atoms in total. The summed E-state index contributed by atoms with van der Waals surface area (Å²) in [5.74, 6) is -0.649. The predicted molar refractivity (Wildman–Crippen MR) is 108 cm³/mol. The number of alkyl halides is 2. The van der Waals surface area contributed by atoms with Crippen molar-refractivity contribution in [3.8, 4) is 0 Å². The number of amides is 1. The summed E-state index contributed by atoms with van der Waals surface area (Å²) in [6.45, 7) is -0.315. The Morgan fingerprint density at radius 3 is 2.77 bits per heavy atom. The molecule has 158 valence electrons. The van der Waals surface area contributed by atoms with Gasteiger partial charge in [-0.1, -0.05) is 17.7 Å². The minimum Gasteiger partial charge on any atom is -0.307 e. The molecule has 0 aliphatic heterocycles. The van der Waals surface area contributed by atoms with Crippen molar-refractivity contribution in [1.82, 2.24) is 19.6 Å². The Labute approximate surface area is 183 Å². The van der Waals surface area contributed by atoms with Crippen molar-refractivity contribution >= 4 is 39.3 Å². The molecule has 1 aliphatic carbocycles. The number of halogens is 5. The van der Waals surface area contributed by atoms with Gasteiger partial charge < -0.3 is 5.32 Å². The molecule has 1 N–H and O–H groups in total. The number of hydrogen-bond donors (Lipinski definition) is 1. The molecular weight excluding hydrogens is 487 g/mol. The number of carbonyl (C=O) groups is 1. The van der Waals surface area contributed by atoms with Crippen LogP contribution < -0.4 is 5.32 Å². The summed E-state index contributed by atoms with van der Waals surface area (Å²) < 4.78 is 43.4. The third-order valence-electron chi connectivity index (χ3n) is 4.70. The molecule has 0 atom stereocenters. The van der Waals surface area contributed by atoms with Crippen molar-refractivity contribution in [3.05, 3.63) is 62.7 Å².